The summed E-state index contributed by atoms with van der Waals surface area (Å²) in [5, 5.41) is 2.97. The Kier molecular flexibility index (Phi) is 5.66. The summed E-state index contributed by atoms with van der Waals surface area (Å²) in [7, 11) is 0. The Hall–Kier alpha value is -2.69. The lowest BCUT2D eigenvalue weighted by molar-refractivity contribution is -0.128. The Morgan fingerprint density at radius 2 is 1.92 bits per heavy atom. The molecule has 1 atom stereocenters. The first-order valence-electron chi connectivity index (χ1n) is 8.97. The SMILES string of the molecule is CCc1ccccc1NC(=O)[C@@H]1CC(=O)N(CCc2ccc(F)cc2)C1. The molecule has 0 aromatic heterocycles. The van der Waals surface area contributed by atoms with Crippen molar-refractivity contribution in [3.05, 3.63) is 65.5 Å². The Labute approximate surface area is 153 Å². The van der Waals surface area contributed by atoms with Crippen LogP contribution in [0.4, 0.5) is 10.1 Å². The highest BCUT2D eigenvalue weighted by Gasteiger charge is 2.34. The van der Waals surface area contributed by atoms with Gasteiger partial charge in [0.15, 0.2) is 0 Å². The van der Waals surface area contributed by atoms with Crippen LogP contribution in [0.25, 0.3) is 0 Å². The second-order valence-corrected chi connectivity index (χ2v) is 6.62. The van der Waals surface area contributed by atoms with Gasteiger partial charge in [0.05, 0.1) is 5.92 Å². The number of carbonyl (C=O) groups excluding carboxylic acids is 2. The van der Waals surface area contributed by atoms with E-state index in [1.54, 1.807) is 17.0 Å². The number of amides is 2. The summed E-state index contributed by atoms with van der Waals surface area (Å²) in [5.74, 6) is -0.713. The summed E-state index contributed by atoms with van der Waals surface area (Å²) in [4.78, 5) is 26.5. The average molecular weight is 354 g/mol. The van der Waals surface area contributed by atoms with Gasteiger partial charge in [0.2, 0.25) is 11.8 Å². The van der Waals surface area contributed by atoms with Gasteiger partial charge in [-0.3, -0.25) is 9.59 Å². The maximum atomic E-state index is 13.0. The molecule has 136 valence electrons. The van der Waals surface area contributed by atoms with Crippen LogP contribution in [0.5, 0.6) is 0 Å². The van der Waals surface area contributed by atoms with E-state index in [1.807, 2.05) is 31.2 Å². The van der Waals surface area contributed by atoms with Crippen molar-refractivity contribution in [3.8, 4) is 0 Å². The Morgan fingerprint density at radius 3 is 2.65 bits per heavy atom. The molecule has 1 fully saturated rings. The molecule has 4 nitrogen and oxygen atoms in total. The van der Waals surface area contributed by atoms with Crippen LogP contribution in [0.1, 0.15) is 24.5 Å². The monoisotopic (exact) mass is 354 g/mol. The van der Waals surface area contributed by atoms with Crippen molar-refractivity contribution < 1.29 is 14.0 Å². The topological polar surface area (TPSA) is 49.4 Å². The normalized spacial score (nSPS) is 16.8. The highest BCUT2D eigenvalue weighted by Crippen LogP contribution is 2.22. The first-order valence-corrected chi connectivity index (χ1v) is 8.97. The zero-order valence-electron chi connectivity index (χ0n) is 14.9. The third kappa shape index (κ3) is 4.28. The van der Waals surface area contributed by atoms with Crippen LogP contribution < -0.4 is 5.32 Å². The standard InChI is InChI=1S/C21H23FN2O2/c1-2-16-5-3-4-6-19(16)23-21(26)17-13-20(25)24(14-17)12-11-15-7-9-18(22)10-8-15/h3-10,17H,2,11-14H2,1H3,(H,23,26)/t17-/m1/s1. The summed E-state index contributed by atoms with van der Waals surface area (Å²) in [6, 6.07) is 14.0. The fourth-order valence-corrected chi connectivity index (χ4v) is 3.26. The molecule has 1 saturated heterocycles. The summed E-state index contributed by atoms with van der Waals surface area (Å²) in [5.41, 5.74) is 2.87. The number of rotatable bonds is 6. The van der Waals surface area contributed by atoms with Gasteiger partial charge in [-0.15, -0.1) is 0 Å². The molecule has 0 unspecified atom stereocenters. The third-order valence-corrected chi connectivity index (χ3v) is 4.83. The van der Waals surface area contributed by atoms with Crippen molar-refractivity contribution >= 4 is 17.5 Å². The number of para-hydroxylation sites is 1. The molecule has 2 amide bonds. The zero-order chi connectivity index (χ0) is 18.5. The first-order chi connectivity index (χ1) is 12.6. The van der Waals surface area contributed by atoms with E-state index >= 15 is 0 Å². The van der Waals surface area contributed by atoms with Crippen LogP contribution in [0, 0.1) is 11.7 Å². The summed E-state index contributed by atoms with van der Waals surface area (Å²) in [6.07, 6.45) is 1.73. The van der Waals surface area contributed by atoms with Crippen molar-refractivity contribution in [2.45, 2.75) is 26.2 Å². The molecule has 1 heterocycles. The van der Waals surface area contributed by atoms with Crippen molar-refractivity contribution in [1.82, 2.24) is 4.90 Å². The van der Waals surface area contributed by atoms with Gasteiger partial charge in [-0.2, -0.15) is 0 Å². The van der Waals surface area contributed by atoms with Crippen LogP contribution in [-0.2, 0) is 22.4 Å². The van der Waals surface area contributed by atoms with Crippen LogP contribution in [0.15, 0.2) is 48.5 Å². The third-order valence-electron chi connectivity index (χ3n) is 4.83. The number of anilines is 1. The van der Waals surface area contributed by atoms with Gasteiger partial charge in [0, 0.05) is 25.2 Å². The van der Waals surface area contributed by atoms with E-state index in [9.17, 15) is 14.0 Å². The molecule has 1 aliphatic rings. The van der Waals surface area contributed by atoms with E-state index in [2.05, 4.69) is 5.32 Å². The van der Waals surface area contributed by atoms with Gasteiger partial charge >= 0.3 is 0 Å². The van der Waals surface area contributed by atoms with E-state index < -0.39 is 0 Å². The van der Waals surface area contributed by atoms with Crippen molar-refractivity contribution in [2.24, 2.45) is 5.92 Å². The molecular formula is C21H23FN2O2. The number of likely N-dealkylation sites (tertiary alicyclic amines) is 1. The van der Waals surface area contributed by atoms with Crippen molar-refractivity contribution in [2.75, 3.05) is 18.4 Å². The smallest absolute Gasteiger partial charge is 0.229 e. The number of aryl methyl sites for hydroxylation is 1. The minimum absolute atomic E-state index is 0.00367. The van der Waals surface area contributed by atoms with Gasteiger partial charge < -0.3 is 10.2 Å². The number of hydrogen-bond donors (Lipinski definition) is 1. The highest BCUT2D eigenvalue weighted by molar-refractivity contribution is 5.97. The molecule has 2 aromatic carbocycles. The molecule has 26 heavy (non-hydrogen) atoms. The van der Waals surface area contributed by atoms with E-state index in [0.717, 1.165) is 23.2 Å². The number of nitrogens with one attached hydrogen (secondary N) is 1. The molecule has 0 bridgehead atoms. The fourth-order valence-electron chi connectivity index (χ4n) is 3.26. The summed E-state index contributed by atoms with van der Waals surface area (Å²) >= 11 is 0. The molecule has 2 aromatic rings. The number of carbonyl (C=O) groups is 2. The number of nitrogens with zero attached hydrogens (tertiary/aromatic N) is 1. The Balaban J connectivity index is 1.56. The summed E-state index contributed by atoms with van der Waals surface area (Å²) in [6.45, 7) is 3.02. The Morgan fingerprint density at radius 1 is 1.19 bits per heavy atom. The average Bonchev–Trinajstić information content (AvgIpc) is 3.02. The van der Waals surface area contributed by atoms with E-state index in [0.29, 0.717) is 19.5 Å². The van der Waals surface area contributed by atoms with E-state index in [1.165, 1.54) is 12.1 Å². The van der Waals surface area contributed by atoms with Crippen molar-refractivity contribution in [3.63, 3.8) is 0 Å². The maximum Gasteiger partial charge on any atom is 0.229 e. The Bertz CT molecular complexity index is 789. The molecule has 5 heteroatoms. The van der Waals surface area contributed by atoms with Gasteiger partial charge in [-0.05, 0) is 42.2 Å². The second kappa shape index (κ2) is 8.13. The number of benzene rings is 2. The predicted octanol–water partition coefficient (Wildman–Crippen LogP) is 3.42. The number of halogens is 1. The molecule has 3 rings (SSSR count). The predicted molar refractivity (Wildman–Crippen MR) is 99.2 cm³/mol. The minimum atomic E-state index is -0.333. The minimum Gasteiger partial charge on any atom is -0.342 e. The maximum absolute atomic E-state index is 13.0. The van der Waals surface area contributed by atoms with E-state index in [-0.39, 0.29) is 30.0 Å². The molecule has 0 spiro atoms. The van der Waals surface area contributed by atoms with Gasteiger partial charge in [0.1, 0.15) is 5.82 Å². The summed E-state index contributed by atoms with van der Waals surface area (Å²) < 4.78 is 13.0. The van der Waals surface area contributed by atoms with Gasteiger partial charge in [-0.1, -0.05) is 37.3 Å². The lowest BCUT2D eigenvalue weighted by Gasteiger charge is -2.17. The lowest BCUT2D eigenvalue weighted by Crippen LogP contribution is -2.30. The van der Waals surface area contributed by atoms with Crippen LogP contribution in [0.3, 0.4) is 0 Å². The fraction of sp³-hybridized carbons (Fsp3) is 0.333. The molecule has 0 radical (unpaired) electrons. The van der Waals surface area contributed by atoms with E-state index in [4.69, 9.17) is 0 Å². The van der Waals surface area contributed by atoms with Crippen LogP contribution in [-0.4, -0.2) is 29.8 Å². The molecule has 1 aliphatic heterocycles. The highest BCUT2D eigenvalue weighted by atomic mass is 19.1. The van der Waals surface area contributed by atoms with Crippen LogP contribution in [0.2, 0.25) is 0 Å². The van der Waals surface area contributed by atoms with Gasteiger partial charge in [0.25, 0.3) is 0 Å². The second-order valence-electron chi connectivity index (χ2n) is 6.62. The van der Waals surface area contributed by atoms with Gasteiger partial charge in [-0.25, -0.2) is 4.39 Å². The lowest BCUT2D eigenvalue weighted by atomic mass is 10.1. The zero-order valence-corrected chi connectivity index (χ0v) is 14.9. The number of hydrogen-bond acceptors (Lipinski definition) is 2. The largest absolute Gasteiger partial charge is 0.342 e. The molecule has 1 N–H and O–H groups in total. The molecule has 0 saturated carbocycles. The molecule has 0 aliphatic carbocycles. The van der Waals surface area contributed by atoms with Crippen molar-refractivity contribution in [1.29, 1.82) is 0 Å². The first kappa shape index (κ1) is 18.1. The quantitative estimate of drug-likeness (QED) is 0.864. The molecular weight excluding hydrogens is 331 g/mol. The van der Waals surface area contributed by atoms with Crippen LogP contribution >= 0.6 is 0 Å².